The van der Waals surface area contributed by atoms with Crippen LogP contribution in [0, 0.1) is 0 Å². The number of para-hydroxylation sites is 1. The fourth-order valence-corrected chi connectivity index (χ4v) is 2.27. The lowest BCUT2D eigenvalue weighted by Gasteiger charge is -2.13. The lowest BCUT2D eigenvalue weighted by molar-refractivity contribution is 0.0951. The van der Waals surface area contributed by atoms with E-state index in [9.17, 15) is 14.7 Å². The number of carbonyl (C=O) groups excluding carboxylic acids is 2. The summed E-state index contributed by atoms with van der Waals surface area (Å²) < 4.78 is 0. The molecule has 0 bridgehead atoms. The number of phenols is 1. The van der Waals surface area contributed by atoms with Gasteiger partial charge in [0.15, 0.2) is 0 Å². The van der Waals surface area contributed by atoms with E-state index in [1.54, 1.807) is 12.1 Å². The number of hydrogen-bond donors (Lipinski definition) is 4. The van der Waals surface area contributed by atoms with Crippen LogP contribution < -0.4 is 20.9 Å². The molecule has 0 saturated carbocycles. The molecule has 2 rings (SSSR count). The van der Waals surface area contributed by atoms with Crippen molar-refractivity contribution < 1.29 is 14.7 Å². The summed E-state index contributed by atoms with van der Waals surface area (Å²) in [4.78, 5) is 25.7. The molecule has 0 spiro atoms. The average Bonchev–Trinajstić information content (AvgIpc) is 2.64. The van der Waals surface area contributed by atoms with Crippen LogP contribution in [-0.2, 0) is 6.54 Å². The van der Waals surface area contributed by atoms with E-state index in [1.807, 2.05) is 43.3 Å². The number of amides is 3. The van der Waals surface area contributed by atoms with Gasteiger partial charge in [-0.2, -0.15) is 0 Å². The Bertz CT molecular complexity index is 745. The van der Waals surface area contributed by atoms with Crippen LogP contribution in [0.1, 0.15) is 15.9 Å². The van der Waals surface area contributed by atoms with Gasteiger partial charge >= 0.3 is 6.03 Å². The third-order valence-corrected chi connectivity index (χ3v) is 3.75. The monoisotopic (exact) mass is 356 g/mol. The van der Waals surface area contributed by atoms with Gasteiger partial charge in [-0.15, -0.1) is 0 Å². The normalized spacial score (nSPS) is 10.1. The van der Waals surface area contributed by atoms with Crippen LogP contribution in [0.3, 0.4) is 0 Å². The van der Waals surface area contributed by atoms with Crippen molar-refractivity contribution in [3.63, 3.8) is 0 Å². The van der Waals surface area contributed by atoms with Crippen LogP contribution >= 0.6 is 0 Å². The predicted octanol–water partition coefficient (Wildman–Crippen LogP) is 1.69. The molecule has 0 aromatic heterocycles. The van der Waals surface area contributed by atoms with Crippen LogP contribution in [-0.4, -0.2) is 44.2 Å². The van der Waals surface area contributed by atoms with E-state index in [-0.39, 0.29) is 36.3 Å². The highest BCUT2D eigenvalue weighted by Crippen LogP contribution is 2.14. The third kappa shape index (κ3) is 5.70. The predicted molar refractivity (Wildman–Crippen MR) is 101 cm³/mol. The molecule has 4 N–H and O–H groups in total. The lowest BCUT2D eigenvalue weighted by atomic mass is 10.2. The number of nitrogens with zero attached hydrogens (tertiary/aromatic N) is 1. The summed E-state index contributed by atoms with van der Waals surface area (Å²) in [5.74, 6) is -0.456. The Morgan fingerprint density at radius 1 is 0.923 bits per heavy atom. The Balaban J connectivity index is 1.66. The second kappa shape index (κ2) is 9.31. The van der Waals surface area contributed by atoms with Crippen molar-refractivity contribution in [2.45, 2.75) is 6.54 Å². The maximum Gasteiger partial charge on any atom is 0.315 e. The molecule has 138 valence electrons. The smallest absolute Gasteiger partial charge is 0.315 e. The molecule has 0 radical (unpaired) electrons. The molecular weight excluding hydrogens is 332 g/mol. The van der Waals surface area contributed by atoms with E-state index in [1.165, 1.54) is 12.1 Å². The zero-order chi connectivity index (χ0) is 18.9. The first kappa shape index (κ1) is 19.1. The molecule has 0 aliphatic rings. The number of hydrogen-bond acceptors (Lipinski definition) is 4. The quantitative estimate of drug-likeness (QED) is 0.568. The van der Waals surface area contributed by atoms with Crippen molar-refractivity contribution in [3.05, 3.63) is 59.7 Å². The maximum absolute atomic E-state index is 11.9. The van der Waals surface area contributed by atoms with Gasteiger partial charge in [0, 0.05) is 39.4 Å². The lowest BCUT2D eigenvalue weighted by Crippen LogP contribution is -2.40. The number of urea groups is 1. The minimum Gasteiger partial charge on any atom is -0.507 e. The number of rotatable bonds is 7. The largest absolute Gasteiger partial charge is 0.507 e. The van der Waals surface area contributed by atoms with Crippen molar-refractivity contribution in [2.24, 2.45) is 0 Å². The second-order valence-electron chi connectivity index (χ2n) is 5.94. The van der Waals surface area contributed by atoms with Crippen molar-refractivity contribution in [1.82, 2.24) is 16.0 Å². The first-order valence-corrected chi connectivity index (χ1v) is 8.31. The fourth-order valence-electron chi connectivity index (χ4n) is 2.27. The molecule has 0 aliphatic heterocycles. The summed E-state index contributed by atoms with van der Waals surface area (Å²) in [6, 6.07) is 13.9. The highest BCUT2D eigenvalue weighted by Gasteiger charge is 2.09. The Morgan fingerprint density at radius 2 is 1.58 bits per heavy atom. The number of anilines is 1. The Kier molecular flexibility index (Phi) is 6.84. The molecule has 0 aliphatic carbocycles. The van der Waals surface area contributed by atoms with Gasteiger partial charge in [0.05, 0.1) is 5.56 Å². The van der Waals surface area contributed by atoms with Crippen LogP contribution in [0.5, 0.6) is 5.75 Å². The van der Waals surface area contributed by atoms with Crippen LogP contribution in [0.15, 0.2) is 48.5 Å². The SMILES string of the molecule is CN(C)c1ccc(CNC(=O)NCCNC(=O)c2ccccc2O)cc1. The zero-order valence-electron chi connectivity index (χ0n) is 15.0. The van der Waals surface area contributed by atoms with Crippen molar-refractivity contribution in [1.29, 1.82) is 0 Å². The number of phenolic OH excluding ortho intramolecular Hbond substituents is 1. The van der Waals surface area contributed by atoms with Gasteiger partial charge in [0.1, 0.15) is 5.75 Å². The summed E-state index contributed by atoms with van der Waals surface area (Å²) in [6.45, 7) is 0.965. The van der Waals surface area contributed by atoms with Gasteiger partial charge in [-0.25, -0.2) is 4.79 Å². The van der Waals surface area contributed by atoms with E-state index in [0.717, 1.165) is 11.3 Å². The summed E-state index contributed by atoms with van der Waals surface area (Å²) >= 11 is 0. The van der Waals surface area contributed by atoms with E-state index in [0.29, 0.717) is 6.54 Å². The highest BCUT2D eigenvalue weighted by molar-refractivity contribution is 5.96. The number of aromatic hydroxyl groups is 1. The van der Waals surface area contributed by atoms with Crippen molar-refractivity contribution in [3.8, 4) is 5.75 Å². The van der Waals surface area contributed by atoms with Crippen LogP contribution in [0.2, 0.25) is 0 Å². The summed E-state index contributed by atoms with van der Waals surface area (Å²) in [6.07, 6.45) is 0. The van der Waals surface area contributed by atoms with Gasteiger partial charge in [-0.1, -0.05) is 24.3 Å². The average molecular weight is 356 g/mol. The summed E-state index contributed by atoms with van der Waals surface area (Å²) in [5, 5.41) is 17.7. The minimum atomic E-state index is -0.383. The first-order chi connectivity index (χ1) is 12.5. The van der Waals surface area contributed by atoms with E-state index >= 15 is 0 Å². The van der Waals surface area contributed by atoms with Crippen molar-refractivity contribution >= 4 is 17.6 Å². The molecule has 0 fully saturated rings. The molecule has 0 unspecified atom stereocenters. The summed E-state index contributed by atoms with van der Waals surface area (Å²) in [5.41, 5.74) is 2.30. The molecule has 0 heterocycles. The number of nitrogens with one attached hydrogen (secondary N) is 3. The molecule has 2 aromatic rings. The standard InChI is InChI=1S/C19H24N4O3/c1-23(2)15-9-7-14(8-10-15)13-22-19(26)21-12-11-20-18(25)16-5-3-4-6-17(16)24/h3-10,24H,11-13H2,1-2H3,(H,20,25)(H2,21,22,26). The Morgan fingerprint density at radius 3 is 2.23 bits per heavy atom. The van der Waals surface area contributed by atoms with Gasteiger partial charge in [-0.3, -0.25) is 4.79 Å². The summed E-state index contributed by atoms with van der Waals surface area (Å²) in [7, 11) is 3.94. The van der Waals surface area contributed by atoms with Gasteiger partial charge in [0.2, 0.25) is 0 Å². The van der Waals surface area contributed by atoms with Crippen molar-refractivity contribution in [2.75, 3.05) is 32.1 Å². The van der Waals surface area contributed by atoms with Crippen LogP contribution in [0.4, 0.5) is 10.5 Å². The van der Waals surface area contributed by atoms with E-state index < -0.39 is 0 Å². The Labute approximate surface area is 153 Å². The molecule has 0 saturated heterocycles. The Hall–Kier alpha value is -3.22. The molecule has 7 heteroatoms. The molecule has 2 aromatic carbocycles. The number of carbonyl (C=O) groups is 2. The molecule has 7 nitrogen and oxygen atoms in total. The highest BCUT2D eigenvalue weighted by atomic mass is 16.3. The van der Waals surface area contributed by atoms with Gasteiger partial charge in [-0.05, 0) is 29.8 Å². The minimum absolute atomic E-state index is 0.0732. The molecule has 0 atom stereocenters. The fraction of sp³-hybridized carbons (Fsp3) is 0.263. The third-order valence-electron chi connectivity index (χ3n) is 3.75. The first-order valence-electron chi connectivity index (χ1n) is 8.31. The van der Waals surface area contributed by atoms with E-state index in [4.69, 9.17) is 0 Å². The molecular formula is C19H24N4O3. The molecule has 26 heavy (non-hydrogen) atoms. The maximum atomic E-state index is 11.9. The van der Waals surface area contributed by atoms with Crippen LogP contribution in [0.25, 0.3) is 0 Å². The van der Waals surface area contributed by atoms with E-state index in [2.05, 4.69) is 16.0 Å². The zero-order valence-corrected chi connectivity index (χ0v) is 15.0. The topological polar surface area (TPSA) is 93.7 Å². The molecule has 3 amide bonds. The number of benzene rings is 2. The van der Waals surface area contributed by atoms with Gasteiger partial charge < -0.3 is 26.0 Å². The second-order valence-corrected chi connectivity index (χ2v) is 5.94. The van der Waals surface area contributed by atoms with Gasteiger partial charge in [0.25, 0.3) is 5.91 Å².